The van der Waals surface area contributed by atoms with Gasteiger partial charge in [0.1, 0.15) is 0 Å². The summed E-state index contributed by atoms with van der Waals surface area (Å²) in [5.41, 5.74) is 3.36. The number of ketones is 1. The molecule has 0 N–H and O–H groups in total. The van der Waals surface area contributed by atoms with Crippen molar-refractivity contribution in [3.8, 4) is 11.3 Å². The lowest BCUT2D eigenvalue weighted by atomic mass is 9.63. The first kappa shape index (κ1) is 31.2. The lowest BCUT2D eigenvalue weighted by molar-refractivity contribution is -0.124. The van der Waals surface area contributed by atoms with E-state index in [-0.39, 0.29) is 59.1 Å². The number of alkyl halides is 1. The first-order chi connectivity index (χ1) is 23.2. The van der Waals surface area contributed by atoms with Gasteiger partial charge in [-0.05, 0) is 91.1 Å². The Morgan fingerprint density at radius 1 is 0.917 bits per heavy atom. The summed E-state index contributed by atoms with van der Waals surface area (Å²) in [6.45, 7) is 1.82. The number of carbonyl (C=O) groups excluding carboxylic acids is 4. The van der Waals surface area contributed by atoms with Gasteiger partial charge in [-0.1, -0.05) is 53.6 Å². The number of halogens is 3. The van der Waals surface area contributed by atoms with Crippen LogP contribution in [0.4, 0.5) is 5.69 Å². The number of allylic oxidation sites excluding steroid dienone is 2. The van der Waals surface area contributed by atoms with Crippen molar-refractivity contribution in [3.63, 3.8) is 0 Å². The van der Waals surface area contributed by atoms with E-state index in [1.54, 1.807) is 66.7 Å². The maximum Gasteiger partial charge on any atom is 0.339 e. The number of aromatic nitrogens is 1. The van der Waals surface area contributed by atoms with E-state index >= 15 is 0 Å². The van der Waals surface area contributed by atoms with Gasteiger partial charge in [-0.2, -0.15) is 0 Å². The van der Waals surface area contributed by atoms with Crippen molar-refractivity contribution in [2.45, 2.75) is 25.9 Å². The molecule has 5 aliphatic rings. The van der Waals surface area contributed by atoms with Crippen molar-refractivity contribution in [2.75, 3.05) is 10.8 Å². The van der Waals surface area contributed by atoms with Crippen LogP contribution in [0.2, 0.25) is 10.0 Å². The summed E-state index contributed by atoms with van der Waals surface area (Å²) < 4.78 is 5.83. The molecule has 48 heavy (non-hydrogen) atoms. The monoisotopic (exact) mass is 698 g/mol. The van der Waals surface area contributed by atoms with Crippen molar-refractivity contribution in [3.05, 3.63) is 106 Å². The van der Waals surface area contributed by atoms with E-state index in [0.29, 0.717) is 60.9 Å². The molecule has 3 fully saturated rings. The Bertz CT molecular complexity index is 2030. The van der Waals surface area contributed by atoms with E-state index in [4.69, 9.17) is 44.5 Å². The van der Waals surface area contributed by atoms with Gasteiger partial charge >= 0.3 is 5.97 Å². The number of imide groups is 1. The number of esters is 1. The van der Waals surface area contributed by atoms with Crippen LogP contribution in [-0.2, 0) is 14.3 Å². The van der Waals surface area contributed by atoms with E-state index in [9.17, 15) is 19.2 Å². The molecule has 1 saturated heterocycles. The molecule has 7 atom stereocenters. The lowest BCUT2D eigenvalue weighted by Crippen LogP contribution is -2.40. The SMILES string of the molecule is Cc1c(Cl)ccc2c(C(=O)OC(CCCl)C(=O)c3ccc(Cl)cc3)cc(-c3ccc(N4C(=O)C5C6C=CC(C7CC67)C5C4=O)cc3)nc12. The van der Waals surface area contributed by atoms with Gasteiger partial charge in [-0.3, -0.25) is 19.3 Å². The molecule has 0 radical (unpaired) electrons. The first-order valence-corrected chi connectivity index (χ1v) is 17.3. The van der Waals surface area contributed by atoms with Crippen LogP contribution in [0.1, 0.15) is 39.1 Å². The molecule has 1 aliphatic heterocycles. The zero-order valence-electron chi connectivity index (χ0n) is 25.7. The summed E-state index contributed by atoms with van der Waals surface area (Å²) in [5.74, 6) is -0.473. The lowest BCUT2D eigenvalue weighted by Gasteiger charge is -2.37. The van der Waals surface area contributed by atoms with E-state index in [1.165, 1.54) is 4.90 Å². The normalized spacial score (nSPS) is 25.6. The Kier molecular flexibility index (Phi) is 7.70. The van der Waals surface area contributed by atoms with Gasteiger partial charge in [0.2, 0.25) is 17.6 Å². The molecule has 2 amide bonds. The van der Waals surface area contributed by atoms with Crippen molar-refractivity contribution < 1.29 is 23.9 Å². The van der Waals surface area contributed by atoms with Crippen LogP contribution < -0.4 is 4.90 Å². The highest BCUT2D eigenvalue weighted by atomic mass is 35.5. The van der Waals surface area contributed by atoms with Crippen LogP contribution in [-0.4, -0.2) is 40.5 Å². The minimum Gasteiger partial charge on any atom is -0.450 e. The summed E-state index contributed by atoms with van der Waals surface area (Å²) in [6, 6.07) is 18.4. The van der Waals surface area contributed by atoms with Gasteiger partial charge in [-0.15, -0.1) is 11.6 Å². The summed E-state index contributed by atoms with van der Waals surface area (Å²) in [6.07, 6.45) is 4.42. The highest BCUT2D eigenvalue weighted by Crippen LogP contribution is 2.65. The van der Waals surface area contributed by atoms with Crippen molar-refractivity contribution in [1.82, 2.24) is 4.98 Å². The molecule has 10 heteroatoms. The second kappa shape index (κ2) is 11.8. The van der Waals surface area contributed by atoms with Crippen LogP contribution in [0, 0.1) is 42.4 Å². The average Bonchev–Trinajstić information content (AvgIpc) is 3.88. The Morgan fingerprint density at radius 3 is 2.19 bits per heavy atom. The highest BCUT2D eigenvalue weighted by Gasteiger charge is 2.67. The molecule has 0 spiro atoms. The molecular weight excluding hydrogens is 671 g/mol. The summed E-state index contributed by atoms with van der Waals surface area (Å²) in [4.78, 5) is 60.7. The highest BCUT2D eigenvalue weighted by molar-refractivity contribution is 6.32. The van der Waals surface area contributed by atoms with Crippen molar-refractivity contribution in [2.24, 2.45) is 35.5 Å². The summed E-state index contributed by atoms with van der Waals surface area (Å²) in [5, 5.41) is 1.48. The third kappa shape index (κ3) is 4.97. The number of amides is 2. The Morgan fingerprint density at radius 2 is 1.56 bits per heavy atom. The standard InChI is InChI=1S/C38H29Cl3N2O5/c1-18-29(41)13-12-25-28(38(47)48-31(14-15-39)35(44)20-2-6-21(40)7-3-20)17-30(42-34(18)25)19-4-8-22(9-5-19)43-36(45)32-23-10-11-24(27-16-26(23)27)33(32)37(43)46/h2-13,17,23-24,26-27,31-33H,14-16H2,1H3. The fraction of sp³-hybridized carbons (Fsp3) is 0.289. The Labute approximate surface area is 291 Å². The van der Waals surface area contributed by atoms with Crippen molar-refractivity contribution in [1.29, 1.82) is 0 Å². The Balaban J connectivity index is 1.11. The predicted octanol–water partition coefficient (Wildman–Crippen LogP) is 8.11. The quantitative estimate of drug-likeness (QED) is 0.0607. The number of carbonyl (C=O) groups is 4. The van der Waals surface area contributed by atoms with Gasteiger partial charge in [-0.25, -0.2) is 9.78 Å². The topological polar surface area (TPSA) is 93.6 Å². The second-order valence-electron chi connectivity index (χ2n) is 13.1. The molecule has 4 aromatic rings. The van der Waals surface area contributed by atoms with Gasteiger partial charge in [0.15, 0.2) is 6.10 Å². The first-order valence-electron chi connectivity index (χ1n) is 16.0. The van der Waals surface area contributed by atoms with Crippen LogP contribution in [0.15, 0.2) is 78.9 Å². The van der Waals surface area contributed by atoms with Crippen molar-refractivity contribution >= 4 is 75.0 Å². The number of ether oxygens (including phenoxy) is 1. The smallest absolute Gasteiger partial charge is 0.339 e. The van der Waals surface area contributed by atoms with Gasteiger partial charge in [0.05, 0.1) is 34.3 Å². The number of rotatable bonds is 8. The predicted molar refractivity (Wildman–Crippen MR) is 184 cm³/mol. The second-order valence-corrected chi connectivity index (χ2v) is 14.3. The number of anilines is 1. The largest absolute Gasteiger partial charge is 0.450 e. The van der Waals surface area contributed by atoms with Gasteiger partial charge < -0.3 is 4.74 Å². The fourth-order valence-electron chi connectivity index (χ4n) is 8.05. The number of aryl methyl sites for hydroxylation is 1. The number of nitrogens with zero attached hydrogens (tertiary/aromatic N) is 2. The molecule has 2 saturated carbocycles. The van der Waals surface area contributed by atoms with Crippen LogP contribution >= 0.6 is 34.8 Å². The molecule has 2 heterocycles. The van der Waals surface area contributed by atoms with E-state index < -0.39 is 12.1 Å². The molecule has 2 bridgehead atoms. The average molecular weight is 700 g/mol. The minimum atomic E-state index is -1.12. The summed E-state index contributed by atoms with van der Waals surface area (Å²) >= 11 is 18.5. The van der Waals surface area contributed by atoms with E-state index in [1.807, 2.05) is 6.92 Å². The molecular formula is C38H29Cl3N2O5. The van der Waals surface area contributed by atoms with Gasteiger partial charge in [0, 0.05) is 38.9 Å². The third-order valence-corrected chi connectivity index (χ3v) is 11.4. The molecule has 3 aromatic carbocycles. The number of fused-ring (bicyclic) bond motifs is 1. The zero-order valence-corrected chi connectivity index (χ0v) is 28.0. The van der Waals surface area contributed by atoms with Gasteiger partial charge in [0.25, 0.3) is 0 Å². The zero-order chi connectivity index (χ0) is 33.4. The van der Waals surface area contributed by atoms with E-state index in [2.05, 4.69) is 12.2 Å². The molecule has 242 valence electrons. The number of pyridine rings is 1. The number of benzene rings is 3. The molecule has 1 aromatic heterocycles. The van der Waals surface area contributed by atoms with Crippen LogP contribution in [0.3, 0.4) is 0 Å². The molecule has 9 rings (SSSR count). The maximum absolute atomic E-state index is 13.8. The van der Waals surface area contributed by atoms with E-state index in [0.717, 1.165) is 6.42 Å². The molecule has 7 nitrogen and oxygen atoms in total. The third-order valence-electron chi connectivity index (χ3n) is 10.5. The number of hydrogen-bond donors (Lipinski definition) is 0. The number of Topliss-reactive ketones (excluding diaryl/α,β-unsaturated/α-hetero) is 1. The summed E-state index contributed by atoms with van der Waals surface area (Å²) in [7, 11) is 0. The van der Waals surface area contributed by atoms with Crippen LogP contribution in [0.5, 0.6) is 0 Å². The fourth-order valence-corrected chi connectivity index (χ4v) is 8.53. The molecule has 7 unspecified atom stereocenters. The Hall–Kier alpha value is -4.04. The minimum absolute atomic E-state index is 0.100. The maximum atomic E-state index is 13.8. The number of hydrogen-bond acceptors (Lipinski definition) is 6. The van der Waals surface area contributed by atoms with Crippen LogP contribution in [0.25, 0.3) is 22.2 Å². The molecule has 4 aliphatic carbocycles.